The van der Waals surface area contributed by atoms with Crippen LogP contribution in [0.15, 0.2) is 58.4 Å². The summed E-state index contributed by atoms with van der Waals surface area (Å²) in [4.78, 5) is 27.5. The molecule has 1 amide bonds. The van der Waals surface area contributed by atoms with Crippen LogP contribution in [0.1, 0.15) is 5.56 Å². The van der Waals surface area contributed by atoms with Crippen LogP contribution < -0.4 is 10.1 Å². The van der Waals surface area contributed by atoms with Crippen LogP contribution >= 0.6 is 11.8 Å². The van der Waals surface area contributed by atoms with Crippen molar-refractivity contribution in [1.82, 2.24) is 5.32 Å². The second-order valence-corrected chi connectivity index (χ2v) is 6.25. The topological polar surface area (TPSA) is 108 Å². The summed E-state index contributed by atoms with van der Waals surface area (Å²) in [7, 11) is 0. The van der Waals surface area contributed by atoms with E-state index in [2.05, 4.69) is 10.3 Å². The highest BCUT2D eigenvalue weighted by molar-refractivity contribution is 8.18. The highest BCUT2D eigenvalue weighted by Crippen LogP contribution is 2.31. The number of aliphatic imine (C=N–C) groups is 1. The lowest BCUT2D eigenvalue weighted by atomic mass is 10.2. The van der Waals surface area contributed by atoms with Gasteiger partial charge in [0, 0.05) is 11.6 Å². The average Bonchev–Trinajstić information content (AvgIpc) is 2.93. The number of carbonyl (C=O) groups is 2. The molecule has 1 fully saturated rings. The number of amidine groups is 1. The molecule has 1 heterocycles. The molecule has 132 valence electrons. The van der Waals surface area contributed by atoms with Crippen molar-refractivity contribution in [2.75, 3.05) is 6.61 Å². The molecular weight excluding hydrogens is 356 g/mol. The summed E-state index contributed by atoms with van der Waals surface area (Å²) in [5.41, 5.74) is 1.10. The molecule has 0 bridgehead atoms. The van der Waals surface area contributed by atoms with E-state index in [1.165, 1.54) is 12.1 Å². The summed E-state index contributed by atoms with van der Waals surface area (Å²) in [6, 6.07) is 13.2. The van der Waals surface area contributed by atoms with Gasteiger partial charge in [0.1, 0.15) is 11.5 Å². The van der Waals surface area contributed by atoms with Gasteiger partial charge in [0.15, 0.2) is 11.8 Å². The van der Waals surface area contributed by atoms with Crippen LogP contribution in [0.25, 0.3) is 6.08 Å². The highest BCUT2D eigenvalue weighted by atomic mass is 32.2. The van der Waals surface area contributed by atoms with Crippen molar-refractivity contribution in [1.29, 1.82) is 0 Å². The van der Waals surface area contributed by atoms with Crippen LogP contribution in [-0.2, 0) is 9.59 Å². The Morgan fingerprint density at radius 1 is 1.23 bits per heavy atom. The standard InChI is InChI=1S/C18H14N2O5S/c21-13-6-3-5-12(9-13)19-18-20-17(24)15(26-18)8-11-4-1-2-7-14(11)25-10-16(22)23/h1-9,21H,10H2,(H,22,23)(H,19,20,24)/b15-8-. The summed E-state index contributed by atoms with van der Waals surface area (Å²) in [6.45, 7) is -0.469. The predicted octanol–water partition coefficient (Wildman–Crippen LogP) is 2.75. The largest absolute Gasteiger partial charge is 0.508 e. The van der Waals surface area contributed by atoms with Gasteiger partial charge in [0.2, 0.25) is 0 Å². The van der Waals surface area contributed by atoms with Gasteiger partial charge in [-0.25, -0.2) is 9.79 Å². The molecule has 0 spiro atoms. The molecular formula is C18H14N2O5S. The SMILES string of the molecule is O=C(O)COc1ccccc1/C=C1\SC(=Nc2cccc(O)c2)NC1=O. The number of nitrogens with one attached hydrogen (secondary N) is 1. The van der Waals surface area contributed by atoms with Crippen LogP contribution in [0.2, 0.25) is 0 Å². The fourth-order valence-corrected chi connectivity index (χ4v) is 3.01. The maximum absolute atomic E-state index is 12.2. The molecule has 0 aromatic heterocycles. The molecule has 8 heteroatoms. The molecule has 0 aliphatic carbocycles. The molecule has 0 atom stereocenters. The number of thioether (sulfide) groups is 1. The number of carboxylic acid groups (broad SMARTS) is 1. The number of aliphatic carboxylic acids is 1. The first kappa shape index (κ1) is 17.6. The van der Waals surface area contributed by atoms with Crippen LogP contribution in [-0.4, -0.2) is 33.9 Å². The average molecular weight is 370 g/mol. The van der Waals surface area contributed by atoms with E-state index in [0.29, 0.717) is 27.1 Å². The fraction of sp³-hybridized carbons (Fsp3) is 0.0556. The Kier molecular flexibility index (Phi) is 5.23. The third-order valence-electron chi connectivity index (χ3n) is 3.27. The molecule has 1 aliphatic rings. The number of carboxylic acids is 1. The number of amides is 1. The summed E-state index contributed by atoms with van der Waals surface area (Å²) >= 11 is 1.14. The third-order valence-corrected chi connectivity index (χ3v) is 4.18. The normalized spacial score (nSPS) is 16.7. The van der Waals surface area contributed by atoms with E-state index in [0.717, 1.165) is 11.8 Å². The number of nitrogens with zero attached hydrogens (tertiary/aromatic N) is 1. The molecule has 26 heavy (non-hydrogen) atoms. The molecule has 1 saturated heterocycles. The van der Waals surface area contributed by atoms with Crippen LogP contribution in [0.5, 0.6) is 11.5 Å². The minimum Gasteiger partial charge on any atom is -0.508 e. The number of aromatic hydroxyl groups is 1. The van der Waals surface area contributed by atoms with Gasteiger partial charge in [-0.1, -0.05) is 24.3 Å². The molecule has 0 radical (unpaired) electrons. The minimum atomic E-state index is -1.08. The first-order chi connectivity index (χ1) is 12.5. The van der Waals surface area contributed by atoms with Crippen LogP contribution in [0.4, 0.5) is 5.69 Å². The van der Waals surface area contributed by atoms with Crippen LogP contribution in [0.3, 0.4) is 0 Å². The van der Waals surface area contributed by atoms with Crippen molar-refractivity contribution < 1.29 is 24.5 Å². The summed E-state index contributed by atoms with van der Waals surface area (Å²) in [5.74, 6) is -0.946. The molecule has 0 saturated carbocycles. The van der Waals surface area contributed by atoms with Gasteiger partial charge in [-0.3, -0.25) is 4.79 Å². The smallest absolute Gasteiger partial charge is 0.341 e. The Bertz CT molecular complexity index is 923. The van der Waals surface area contributed by atoms with Gasteiger partial charge in [-0.05, 0) is 36.0 Å². The van der Waals surface area contributed by atoms with E-state index in [4.69, 9.17) is 9.84 Å². The van der Waals surface area contributed by atoms with Crippen molar-refractivity contribution in [3.8, 4) is 11.5 Å². The third kappa shape index (κ3) is 4.42. The van der Waals surface area contributed by atoms with E-state index >= 15 is 0 Å². The number of benzene rings is 2. The molecule has 2 aromatic rings. The lowest BCUT2D eigenvalue weighted by Crippen LogP contribution is -2.19. The second kappa shape index (κ2) is 7.75. The van der Waals surface area contributed by atoms with Crippen molar-refractivity contribution in [3.05, 3.63) is 59.0 Å². The lowest BCUT2D eigenvalue weighted by Gasteiger charge is -2.06. The number of para-hydroxylation sites is 1. The molecule has 0 unspecified atom stereocenters. The fourth-order valence-electron chi connectivity index (χ4n) is 2.17. The number of phenols is 1. The zero-order valence-corrected chi connectivity index (χ0v) is 14.2. The number of carbonyl (C=O) groups excluding carboxylic acids is 1. The summed E-state index contributed by atoms with van der Waals surface area (Å²) in [5, 5.41) is 21.3. The maximum atomic E-state index is 12.2. The number of ether oxygens (including phenoxy) is 1. The first-order valence-electron chi connectivity index (χ1n) is 7.53. The van der Waals surface area contributed by atoms with E-state index < -0.39 is 12.6 Å². The second-order valence-electron chi connectivity index (χ2n) is 5.22. The zero-order chi connectivity index (χ0) is 18.5. The Morgan fingerprint density at radius 2 is 2.04 bits per heavy atom. The molecule has 3 N–H and O–H groups in total. The summed E-state index contributed by atoms with van der Waals surface area (Å²) in [6.07, 6.45) is 1.61. The van der Waals surface area contributed by atoms with Gasteiger partial charge in [0.05, 0.1) is 10.6 Å². The van der Waals surface area contributed by atoms with Gasteiger partial charge in [-0.2, -0.15) is 0 Å². The molecule has 7 nitrogen and oxygen atoms in total. The molecule has 2 aromatic carbocycles. The Labute approximate surface area is 153 Å². The molecule has 3 rings (SSSR count). The monoisotopic (exact) mass is 370 g/mol. The highest BCUT2D eigenvalue weighted by Gasteiger charge is 2.24. The minimum absolute atomic E-state index is 0.0847. The van der Waals surface area contributed by atoms with Gasteiger partial charge in [0.25, 0.3) is 5.91 Å². The van der Waals surface area contributed by atoms with Gasteiger partial charge >= 0.3 is 5.97 Å². The number of rotatable bonds is 5. The quantitative estimate of drug-likeness (QED) is 0.699. The van der Waals surface area contributed by atoms with Gasteiger partial charge in [-0.15, -0.1) is 0 Å². The van der Waals surface area contributed by atoms with Gasteiger partial charge < -0.3 is 20.3 Å². The molecule has 1 aliphatic heterocycles. The van der Waals surface area contributed by atoms with E-state index in [1.54, 1.807) is 42.5 Å². The van der Waals surface area contributed by atoms with Crippen molar-refractivity contribution in [3.63, 3.8) is 0 Å². The van der Waals surface area contributed by atoms with Crippen molar-refractivity contribution >= 4 is 40.6 Å². The van der Waals surface area contributed by atoms with Crippen molar-refractivity contribution in [2.45, 2.75) is 0 Å². The van der Waals surface area contributed by atoms with E-state index in [1.807, 2.05) is 0 Å². The predicted molar refractivity (Wildman–Crippen MR) is 98.5 cm³/mol. The van der Waals surface area contributed by atoms with Crippen molar-refractivity contribution in [2.24, 2.45) is 4.99 Å². The maximum Gasteiger partial charge on any atom is 0.341 e. The number of hydrogen-bond donors (Lipinski definition) is 3. The Hall–Kier alpha value is -3.26. The van der Waals surface area contributed by atoms with E-state index in [9.17, 15) is 14.7 Å². The zero-order valence-electron chi connectivity index (χ0n) is 13.4. The Balaban J connectivity index is 1.82. The summed E-state index contributed by atoms with van der Waals surface area (Å²) < 4.78 is 5.24. The van der Waals surface area contributed by atoms with Crippen LogP contribution in [0, 0.1) is 0 Å². The number of phenolic OH excluding ortho intramolecular Hbond substituents is 1. The van der Waals surface area contributed by atoms with E-state index in [-0.39, 0.29) is 11.7 Å². The number of hydrogen-bond acceptors (Lipinski definition) is 6. The lowest BCUT2D eigenvalue weighted by molar-refractivity contribution is -0.139. The Morgan fingerprint density at radius 3 is 2.81 bits per heavy atom. The first-order valence-corrected chi connectivity index (χ1v) is 8.35.